The number of rotatable bonds is 2. The Morgan fingerprint density at radius 1 is 1.21 bits per heavy atom. The Bertz CT molecular complexity index is 747. The average molecular weight is 255 g/mol. The van der Waals surface area contributed by atoms with Crippen molar-refractivity contribution in [3.8, 4) is 17.1 Å². The number of imidazole rings is 1. The maximum atomic E-state index is 10.8. The second-order valence-corrected chi connectivity index (χ2v) is 4.06. The molecule has 0 fully saturated rings. The van der Waals surface area contributed by atoms with E-state index < -0.39 is 4.92 Å². The van der Waals surface area contributed by atoms with Crippen molar-refractivity contribution >= 4 is 16.7 Å². The molecule has 94 valence electrons. The number of hydrogen-bond donors (Lipinski definition) is 2. The molecule has 0 amide bonds. The zero-order chi connectivity index (χ0) is 13.4. The standard InChI is InChI=1S/C13H9N3O3/c17-12-6-5-8(7-11(12)16(18)19)13-14-9-3-1-2-4-10(9)15-13/h1-7,17H,(H,14,15). The molecule has 1 aromatic heterocycles. The second-order valence-electron chi connectivity index (χ2n) is 4.06. The number of benzene rings is 2. The summed E-state index contributed by atoms with van der Waals surface area (Å²) in [6, 6.07) is 11.6. The smallest absolute Gasteiger partial charge is 0.311 e. The predicted molar refractivity (Wildman–Crippen MR) is 69.8 cm³/mol. The van der Waals surface area contributed by atoms with Gasteiger partial charge in [0.05, 0.1) is 16.0 Å². The quantitative estimate of drug-likeness (QED) is 0.544. The van der Waals surface area contributed by atoms with Crippen LogP contribution < -0.4 is 0 Å². The van der Waals surface area contributed by atoms with Gasteiger partial charge in [0.15, 0.2) is 5.75 Å². The fraction of sp³-hybridized carbons (Fsp3) is 0. The zero-order valence-electron chi connectivity index (χ0n) is 9.70. The van der Waals surface area contributed by atoms with Gasteiger partial charge in [0.25, 0.3) is 0 Å². The van der Waals surface area contributed by atoms with Crippen molar-refractivity contribution in [2.24, 2.45) is 0 Å². The molecule has 3 rings (SSSR count). The Morgan fingerprint density at radius 2 is 2.00 bits per heavy atom. The van der Waals surface area contributed by atoms with E-state index in [4.69, 9.17) is 0 Å². The lowest BCUT2D eigenvalue weighted by molar-refractivity contribution is -0.385. The van der Waals surface area contributed by atoms with Crippen molar-refractivity contribution in [2.75, 3.05) is 0 Å². The molecule has 2 N–H and O–H groups in total. The summed E-state index contributed by atoms with van der Waals surface area (Å²) in [4.78, 5) is 17.6. The van der Waals surface area contributed by atoms with E-state index in [1.807, 2.05) is 24.3 Å². The number of aromatic hydroxyl groups is 1. The van der Waals surface area contributed by atoms with Gasteiger partial charge in [0.1, 0.15) is 5.82 Å². The predicted octanol–water partition coefficient (Wildman–Crippen LogP) is 2.84. The minimum Gasteiger partial charge on any atom is -0.502 e. The number of phenolic OH excluding ortho intramolecular Hbond substituents is 1. The van der Waals surface area contributed by atoms with Crippen LogP contribution >= 0.6 is 0 Å². The van der Waals surface area contributed by atoms with Gasteiger partial charge in [-0.1, -0.05) is 12.1 Å². The third kappa shape index (κ3) is 1.89. The molecule has 6 nitrogen and oxygen atoms in total. The number of nitro groups is 1. The molecule has 0 saturated heterocycles. The van der Waals surface area contributed by atoms with Crippen molar-refractivity contribution in [2.45, 2.75) is 0 Å². The number of fused-ring (bicyclic) bond motifs is 1. The largest absolute Gasteiger partial charge is 0.502 e. The Balaban J connectivity index is 2.16. The van der Waals surface area contributed by atoms with Crippen molar-refractivity contribution in [3.63, 3.8) is 0 Å². The highest BCUT2D eigenvalue weighted by atomic mass is 16.6. The van der Waals surface area contributed by atoms with Gasteiger partial charge in [0, 0.05) is 11.6 Å². The van der Waals surface area contributed by atoms with Crippen LogP contribution in [0.15, 0.2) is 42.5 Å². The SMILES string of the molecule is O=[N+]([O-])c1cc(-c2nc3ccccc3[nH]2)ccc1O. The summed E-state index contributed by atoms with van der Waals surface area (Å²) < 4.78 is 0. The Morgan fingerprint density at radius 3 is 2.74 bits per heavy atom. The highest BCUT2D eigenvalue weighted by Gasteiger charge is 2.15. The van der Waals surface area contributed by atoms with Crippen LogP contribution in [0.5, 0.6) is 5.75 Å². The zero-order valence-corrected chi connectivity index (χ0v) is 9.70. The normalized spacial score (nSPS) is 10.7. The summed E-state index contributed by atoms with van der Waals surface area (Å²) in [5, 5.41) is 20.2. The van der Waals surface area contributed by atoms with E-state index in [9.17, 15) is 15.2 Å². The molecule has 19 heavy (non-hydrogen) atoms. The van der Waals surface area contributed by atoms with Crippen molar-refractivity contribution < 1.29 is 10.0 Å². The van der Waals surface area contributed by atoms with Crippen molar-refractivity contribution in [1.82, 2.24) is 9.97 Å². The van der Waals surface area contributed by atoms with E-state index in [0.717, 1.165) is 11.0 Å². The van der Waals surface area contributed by atoms with Gasteiger partial charge in [-0.25, -0.2) is 4.98 Å². The fourth-order valence-electron chi connectivity index (χ4n) is 1.91. The van der Waals surface area contributed by atoms with Crippen molar-refractivity contribution in [3.05, 3.63) is 52.6 Å². The lowest BCUT2D eigenvalue weighted by Gasteiger charge is -1.99. The van der Waals surface area contributed by atoms with Crippen LogP contribution in [0.1, 0.15) is 0 Å². The number of aromatic nitrogens is 2. The number of para-hydroxylation sites is 2. The molecule has 0 unspecified atom stereocenters. The van der Waals surface area contributed by atoms with Crippen LogP contribution in [-0.2, 0) is 0 Å². The molecule has 0 aliphatic carbocycles. The van der Waals surface area contributed by atoms with Gasteiger partial charge in [0.2, 0.25) is 0 Å². The van der Waals surface area contributed by atoms with Crippen LogP contribution in [0.3, 0.4) is 0 Å². The average Bonchev–Trinajstić information content (AvgIpc) is 2.82. The third-order valence-corrected chi connectivity index (χ3v) is 2.83. The molecule has 0 bridgehead atoms. The third-order valence-electron chi connectivity index (χ3n) is 2.83. The fourth-order valence-corrected chi connectivity index (χ4v) is 1.91. The van der Waals surface area contributed by atoms with E-state index in [1.54, 1.807) is 6.07 Å². The Hall–Kier alpha value is -2.89. The van der Waals surface area contributed by atoms with Crippen LogP contribution in [0.4, 0.5) is 5.69 Å². The van der Waals surface area contributed by atoms with Crippen molar-refractivity contribution in [1.29, 1.82) is 0 Å². The molecule has 0 aliphatic rings. The summed E-state index contributed by atoms with van der Waals surface area (Å²) in [6.07, 6.45) is 0. The summed E-state index contributed by atoms with van der Waals surface area (Å²) in [6.45, 7) is 0. The van der Waals surface area contributed by atoms with Gasteiger partial charge < -0.3 is 10.1 Å². The monoisotopic (exact) mass is 255 g/mol. The number of phenols is 1. The summed E-state index contributed by atoms with van der Waals surface area (Å²) >= 11 is 0. The van der Waals surface area contributed by atoms with Gasteiger partial charge in [-0.2, -0.15) is 0 Å². The first-order valence-corrected chi connectivity index (χ1v) is 5.57. The molecule has 1 heterocycles. The Labute approximate surface area is 107 Å². The molecule has 3 aromatic rings. The second kappa shape index (κ2) is 4.09. The first-order chi connectivity index (χ1) is 9.15. The molecule has 2 aromatic carbocycles. The van der Waals surface area contributed by atoms with Gasteiger partial charge in [-0.05, 0) is 24.3 Å². The number of aromatic amines is 1. The highest BCUT2D eigenvalue weighted by Crippen LogP contribution is 2.30. The molecular weight excluding hydrogens is 246 g/mol. The molecule has 0 aliphatic heterocycles. The molecule has 0 atom stereocenters. The molecule has 0 spiro atoms. The maximum absolute atomic E-state index is 10.8. The molecular formula is C13H9N3O3. The molecule has 0 radical (unpaired) electrons. The van der Waals surface area contributed by atoms with Gasteiger partial charge >= 0.3 is 5.69 Å². The molecule has 6 heteroatoms. The van der Waals surface area contributed by atoms with E-state index in [1.165, 1.54) is 12.1 Å². The summed E-state index contributed by atoms with van der Waals surface area (Å²) in [5.41, 5.74) is 1.86. The number of nitrogens with zero attached hydrogens (tertiary/aromatic N) is 2. The van der Waals surface area contributed by atoms with E-state index in [-0.39, 0.29) is 11.4 Å². The first kappa shape index (κ1) is 11.2. The van der Waals surface area contributed by atoms with Gasteiger partial charge in [-0.3, -0.25) is 10.1 Å². The van der Waals surface area contributed by atoms with E-state index in [0.29, 0.717) is 11.4 Å². The number of nitro benzene ring substituents is 1. The number of nitrogens with one attached hydrogen (secondary N) is 1. The van der Waals surface area contributed by atoms with Crippen LogP contribution in [0.2, 0.25) is 0 Å². The van der Waals surface area contributed by atoms with Crippen LogP contribution in [0.25, 0.3) is 22.4 Å². The number of H-pyrrole nitrogens is 1. The highest BCUT2D eigenvalue weighted by molar-refractivity contribution is 5.79. The summed E-state index contributed by atoms with van der Waals surface area (Å²) in [5.74, 6) is 0.175. The Kier molecular flexibility index (Phi) is 2.42. The maximum Gasteiger partial charge on any atom is 0.311 e. The first-order valence-electron chi connectivity index (χ1n) is 5.57. The van der Waals surface area contributed by atoms with E-state index in [2.05, 4.69) is 9.97 Å². The van der Waals surface area contributed by atoms with Crippen LogP contribution in [-0.4, -0.2) is 20.0 Å². The lowest BCUT2D eigenvalue weighted by atomic mass is 10.2. The topological polar surface area (TPSA) is 92.0 Å². The number of hydrogen-bond acceptors (Lipinski definition) is 4. The lowest BCUT2D eigenvalue weighted by Crippen LogP contribution is -1.90. The molecule has 0 saturated carbocycles. The van der Waals surface area contributed by atoms with E-state index >= 15 is 0 Å². The van der Waals surface area contributed by atoms with Crippen LogP contribution in [0, 0.1) is 10.1 Å². The minimum absolute atomic E-state index is 0.335. The summed E-state index contributed by atoms with van der Waals surface area (Å²) in [7, 11) is 0. The van der Waals surface area contributed by atoms with Gasteiger partial charge in [-0.15, -0.1) is 0 Å². The minimum atomic E-state index is -0.624.